The highest BCUT2D eigenvalue weighted by Gasteiger charge is 2.35. The summed E-state index contributed by atoms with van der Waals surface area (Å²) >= 11 is 0. The Bertz CT molecular complexity index is 467. The predicted molar refractivity (Wildman–Crippen MR) is 63.3 cm³/mol. The minimum absolute atomic E-state index is 0.0125. The molecule has 19 heavy (non-hydrogen) atoms. The maximum absolute atomic E-state index is 12.8. The summed E-state index contributed by atoms with van der Waals surface area (Å²) in [6.45, 7) is 5.49. The summed E-state index contributed by atoms with van der Waals surface area (Å²) in [5.41, 5.74) is -1.98. The fourth-order valence-corrected chi connectivity index (χ4v) is 1.37. The van der Waals surface area contributed by atoms with E-state index >= 15 is 0 Å². The molecule has 106 valence electrons. The highest BCUT2D eigenvalue weighted by atomic mass is 19.4. The summed E-state index contributed by atoms with van der Waals surface area (Å²) in [4.78, 5) is 10.8. The second kappa shape index (κ2) is 5.50. The SMILES string of the molecule is CC(C)C(C)Oc1ccc(C(=O)O)c(C(F)(F)F)c1. The number of carboxylic acid groups (broad SMARTS) is 1. The molecule has 0 amide bonds. The van der Waals surface area contributed by atoms with E-state index in [2.05, 4.69) is 0 Å². The third kappa shape index (κ3) is 3.87. The van der Waals surface area contributed by atoms with Gasteiger partial charge in [0.15, 0.2) is 0 Å². The molecule has 0 heterocycles. The number of benzene rings is 1. The Morgan fingerprint density at radius 1 is 1.26 bits per heavy atom. The first-order valence-corrected chi connectivity index (χ1v) is 5.74. The molecule has 1 atom stereocenters. The second-order valence-electron chi connectivity index (χ2n) is 4.58. The molecule has 0 fully saturated rings. The molecule has 6 heteroatoms. The van der Waals surface area contributed by atoms with E-state index in [9.17, 15) is 18.0 Å². The highest BCUT2D eigenvalue weighted by Crippen LogP contribution is 2.34. The van der Waals surface area contributed by atoms with Crippen LogP contribution >= 0.6 is 0 Å². The van der Waals surface area contributed by atoms with Gasteiger partial charge in [-0.15, -0.1) is 0 Å². The van der Waals surface area contributed by atoms with Crippen molar-refractivity contribution in [1.29, 1.82) is 0 Å². The van der Waals surface area contributed by atoms with Crippen molar-refractivity contribution in [2.45, 2.75) is 33.1 Å². The average Bonchev–Trinajstić information content (AvgIpc) is 2.27. The van der Waals surface area contributed by atoms with Crippen molar-refractivity contribution in [3.63, 3.8) is 0 Å². The summed E-state index contributed by atoms with van der Waals surface area (Å²) in [5, 5.41) is 8.75. The molecule has 0 saturated heterocycles. The van der Waals surface area contributed by atoms with Crippen LogP contribution in [0.25, 0.3) is 0 Å². The van der Waals surface area contributed by atoms with Gasteiger partial charge in [0.05, 0.1) is 17.2 Å². The van der Waals surface area contributed by atoms with Crippen molar-refractivity contribution in [2.75, 3.05) is 0 Å². The van der Waals surface area contributed by atoms with Crippen LogP contribution in [-0.2, 0) is 6.18 Å². The summed E-state index contributed by atoms with van der Waals surface area (Å²) in [5.74, 6) is -1.47. The van der Waals surface area contributed by atoms with Crippen LogP contribution in [0.2, 0.25) is 0 Å². The minimum Gasteiger partial charge on any atom is -0.490 e. The average molecular weight is 276 g/mol. The van der Waals surface area contributed by atoms with E-state index in [0.29, 0.717) is 0 Å². The van der Waals surface area contributed by atoms with Crippen molar-refractivity contribution >= 4 is 5.97 Å². The van der Waals surface area contributed by atoms with E-state index < -0.39 is 23.3 Å². The van der Waals surface area contributed by atoms with Crippen LogP contribution in [0.15, 0.2) is 18.2 Å². The Hall–Kier alpha value is -1.72. The Labute approximate surface area is 109 Å². The van der Waals surface area contributed by atoms with Gasteiger partial charge in [-0.25, -0.2) is 4.79 Å². The molecule has 0 spiro atoms. The molecule has 1 aromatic carbocycles. The second-order valence-corrected chi connectivity index (χ2v) is 4.58. The van der Waals surface area contributed by atoms with E-state index in [1.165, 1.54) is 6.07 Å². The van der Waals surface area contributed by atoms with E-state index in [0.717, 1.165) is 12.1 Å². The van der Waals surface area contributed by atoms with Crippen LogP contribution in [0.4, 0.5) is 13.2 Å². The van der Waals surface area contributed by atoms with Gasteiger partial charge in [0, 0.05) is 0 Å². The fraction of sp³-hybridized carbons (Fsp3) is 0.462. The molecular weight excluding hydrogens is 261 g/mol. The van der Waals surface area contributed by atoms with Gasteiger partial charge in [-0.1, -0.05) is 13.8 Å². The topological polar surface area (TPSA) is 46.5 Å². The standard InChI is InChI=1S/C13H15F3O3/c1-7(2)8(3)19-9-4-5-10(12(17)18)11(6-9)13(14,15)16/h4-8H,1-3H3,(H,17,18). The van der Waals surface area contributed by atoms with Crippen molar-refractivity contribution in [1.82, 2.24) is 0 Å². The first-order chi connectivity index (χ1) is 8.62. The lowest BCUT2D eigenvalue weighted by atomic mass is 10.1. The number of carboxylic acids is 1. The zero-order chi connectivity index (χ0) is 14.8. The molecule has 0 aliphatic heterocycles. The first-order valence-electron chi connectivity index (χ1n) is 5.74. The van der Waals surface area contributed by atoms with Gasteiger partial charge in [0.2, 0.25) is 0 Å². The van der Waals surface area contributed by atoms with Crippen molar-refractivity contribution in [3.8, 4) is 5.75 Å². The number of alkyl halides is 3. The van der Waals surface area contributed by atoms with Gasteiger partial charge in [0.25, 0.3) is 0 Å². The molecule has 0 aromatic heterocycles. The van der Waals surface area contributed by atoms with Gasteiger partial charge in [0.1, 0.15) is 5.75 Å². The van der Waals surface area contributed by atoms with Gasteiger partial charge in [-0.2, -0.15) is 13.2 Å². The normalized spacial score (nSPS) is 13.4. The van der Waals surface area contributed by atoms with Gasteiger partial charge in [-0.3, -0.25) is 0 Å². The largest absolute Gasteiger partial charge is 0.490 e. The van der Waals surface area contributed by atoms with Crippen LogP contribution in [0, 0.1) is 5.92 Å². The number of hydrogen-bond acceptors (Lipinski definition) is 2. The van der Waals surface area contributed by atoms with E-state index in [4.69, 9.17) is 9.84 Å². The van der Waals surface area contributed by atoms with Gasteiger partial charge >= 0.3 is 12.1 Å². The van der Waals surface area contributed by atoms with Crippen LogP contribution in [0.3, 0.4) is 0 Å². The quantitative estimate of drug-likeness (QED) is 0.909. The molecule has 3 nitrogen and oxygen atoms in total. The zero-order valence-corrected chi connectivity index (χ0v) is 10.8. The lowest BCUT2D eigenvalue weighted by Crippen LogP contribution is -2.19. The van der Waals surface area contributed by atoms with E-state index in [1.54, 1.807) is 6.92 Å². The van der Waals surface area contributed by atoms with Gasteiger partial charge < -0.3 is 9.84 Å². The number of hydrogen-bond donors (Lipinski definition) is 1. The third-order valence-corrected chi connectivity index (χ3v) is 2.79. The summed E-state index contributed by atoms with van der Waals surface area (Å²) in [7, 11) is 0. The molecule has 0 aliphatic carbocycles. The molecule has 1 aromatic rings. The molecule has 1 unspecified atom stereocenters. The summed E-state index contributed by atoms with van der Waals surface area (Å²) in [6.07, 6.45) is -4.99. The van der Waals surface area contributed by atoms with Crippen molar-refractivity contribution in [3.05, 3.63) is 29.3 Å². The van der Waals surface area contributed by atoms with Crippen LogP contribution in [0.1, 0.15) is 36.7 Å². The lowest BCUT2D eigenvalue weighted by molar-refractivity contribution is -0.138. The Kier molecular flexibility index (Phi) is 4.44. The molecule has 0 radical (unpaired) electrons. The summed E-state index contributed by atoms with van der Waals surface area (Å²) < 4.78 is 43.7. The molecule has 1 rings (SSSR count). The molecule has 0 saturated carbocycles. The number of carbonyl (C=O) groups is 1. The smallest absolute Gasteiger partial charge is 0.417 e. The number of halogens is 3. The minimum atomic E-state index is -4.73. The van der Waals surface area contributed by atoms with Crippen molar-refractivity contribution in [2.24, 2.45) is 5.92 Å². The third-order valence-electron chi connectivity index (χ3n) is 2.79. The van der Waals surface area contributed by atoms with Crippen LogP contribution < -0.4 is 4.74 Å². The maximum Gasteiger partial charge on any atom is 0.417 e. The van der Waals surface area contributed by atoms with Crippen LogP contribution in [0.5, 0.6) is 5.75 Å². The number of ether oxygens (including phenoxy) is 1. The highest BCUT2D eigenvalue weighted by molar-refractivity contribution is 5.89. The zero-order valence-electron chi connectivity index (χ0n) is 10.8. The lowest BCUT2D eigenvalue weighted by Gasteiger charge is -2.19. The Morgan fingerprint density at radius 3 is 2.26 bits per heavy atom. The maximum atomic E-state index is 12.8. The molecular formula is C13H15F3O3. The monoisotopic (exact) mass is 276 g/mol. The Morgan fingerprint density at radius 2 is 1.84 bits per heavy atom. The molecule has 0 aliphatic rings. The molecule has 1 N–H and O–H groups in total. The van der Waals surface area contributed by atoms with E-state index in [1.807, 2.05) is 13.8 Å². The number of rotatable bonds is 4. The van der Waals surface area contributed by atoms with Crippen molar-refractivity contribution < 1.29 is 27.8 Å². The van der Waals surface area contributed by atoms with E-state index in [-0.39, 0.29) is 17.8 Å². The first kappa shape index (κ1) is 15.3. The fourth-order valence-electron chi connectivity index (χ4n) is 1.37. The van der Waals surface area contributed by atoms with Gasteiger partial charge in [-0.05, 0) is 31.0 Å². The Balaban J connectivity index is 3.16. The molecule has 0 bridgehead atoms. The van der Waals surface area contributed by atoms with Crippen LogP contribution in [-0.4, -0.2) is 17.2 Å². The predicted octanol–water partition coefficient (Wildman–Crippen LogP) is 3.83. The number of aromatic carboxylic acids is 1. The summed E-state index contributed by atoms with van der Waals surface area (Å²) in [6, 6.07) is 2.87.